The Morgan fingerprint density at radius 3 is 2.66 bits per heavy atom. The van der Waals surface area contributed by atoms with Gasteiger partial charge in [0.25, 0.3) is 0 Å². The first-order chi connectivity index (χ1) is 13.9. The zero-order valence-corrected chi connectivity index (χ0v) is 17.6. The molecule has 1 aliphatic rings. The normalized spacial score (nSPS) is 17.3. The number of fused-ring (bicyclic) bond motifs is 1. The zero-order chi connectivity index (χ0) is 20.7. The van der Waals surface area contributed by atoms with Crippen LogP contribution in [-0.2, 0) is 0 Å². The number of carbonyl (C=O) groups excluding carboxylic acids is 1. The predicted molar refractivity (Wildman–Crippen MR) is 118 cm³/mol. The van der Waals surface area contributed by atoms with E-state index in [0.717, 1.165) is 53.2 Å². The second-order valence-corrected chi connectivity index (χ2v) is 8.22. The molecule has 0 saturated carbocycles. The van der Waals surface area contributed by atoms with Crippen LogP contribution in [0.15, 0.2) is 36.5 Å². The molecule has 0 bridgehead atoms. The summed E-state index contributed by atoms with van der Waals surface area (Å²) in [5.74, 6) is 0.581. The molecule has 1 saturated heterocycles. The lowest BCUT2D eigenvalue weighted by atomic mass is 10.0. The van der Waals surface area contributed by atoms with Gasteiger partial charge in [0.15, 0.2) is 0 Å². The Morgan fingerprint density at radius 1 is 1.24 bits per heavy atom. The molecule has 2 aromatic heterocycles. The van der Waals surface area contributed by atoms with Gasteiger partial charge < -0.3 is 20.5 Å². The molecule has 1 fully saturated rings. The van der Waals surface area contributed by atoms with Crippen molar-refractivity contribution in [2.45, 2.75) is 39.8 Å². The minimum absolute atomic E-state index is 0.290. The van der Waals surface area contributed by atoms with Gasteiger partial charge in [0.05, 0.1) is 0 Å². The van der Waals surface area contributed by atoms with Crippen molar-refractivity contribution in [3.05, 3.63) is 47.8 Å². The Kier molecular flexibility index (Phi) is 5.04. The molecular formula is C23H29N5O. The zero-order valence-electron chi connectivity index (χ0n) is 17.6. The first kappa shape index (κ1) is 19.5. The van der Waals surface area contributed by atoms with E-state index < -0.39 is 5.91 Å². The first-order valence-corrected chi connectivity index (χ1v) is 10.3. The van der Waals surface area contributed by atoms with E-state index in [1.807, 2.05) is 18.3 Å². The molecule has 0 unspecified atom stereocenters. The number of primary amides is 1. The molecule has 0 aliphatic carbocycles. The van der Waals surface area contributed by atoms with Crippen molar-refractivity contribution in [3.8, 4) is 11.1 Å². The Morgan fingerprint density at radius 2 is 2.03 bits per heavy atom. The lowest BCUT2D eigenvalue weighted by Gasteiger charge is -2.34. The number of hydrogen-bond donors (Lipinski definition) is 2. The summed E-state index contributed by atoms with van der Waals surface area (Å²) in [5, 5.41) is 4.32. The highest BCUT2D eigenvalue weighted by Gasteiger charge is 2.20. The number of aryl methyl sites for hydroxylation is 1. The Bertz CT molecular complexity index is 1050. The molecular weight excluding hydrogens is 362 g/mol. The second-order valence-electron chi connectivity index (χ2n) is 8.22. The van der Waals surface area contributed by atoms with Crippen LogP contribution in [0.5, 0.6) is 0 Å². The van der Waals surface area contributed by atoms with Crippen molar-refractivity contribution in [2.24, 2.45) is 5.73 Å². The van der Waals surface area contributed by atoms with Crippen LogP contribution < -0.4 is 16.0 Å². The fourth-order valence-corrected chi connectivity index (χ4v) is 4.42. The molecule has 3 aromatic rings. The topological polar surface area (TPSA) is 76.2 Å². The molecule has 29 heavy (non-hydrogen) atoms. The number of aromatic nitrogens is 2. The van der Waals surface area contributed by atoms with E-state index in [0.29, 0.717) is 11.6 Å². The van der Waals surface area contributed by atoms with Crippen molar-refractivity contribution in [1.29, 1.82) is 0 Å². The van der Waals surface area contributed by atoms with Crippen LogP contribution in [0.2, 0.25) is 0 Å². The fourth-order valence-electron chi connectivity index (χ4n) is 4.42. The van der Waals surface area contributed by atoms with Crippen LogP contribution >= 0.6 is 0 Å². The first-order valence-electron chi connectivity index (χ1n) is 10.3. The maximum Gasteiger partial charge on any atom is 0.249 e. The van der Waals surface area contributed by atoms with Crippen molar-refractivity contribution in [3.63, 3.8) is 0 Å². The van der Waals surface area contributed by atoms with Gasteiger partial charge in [-0.05, 0) is 63.6 Å². The van der Waals surface area contributed by atoms with E-state index in [4.69, 9.17) is 10.7 Å². The minimum Gasteiger partial charge on any atom is -0.366 e. The highest BCUT2D eigenvalue weighted by molar-refractivity contribution is 6.08. The van der Waals surface area contributed by atoms with Crippen LogP contribution in [0.1, 0.15) is 42.9 Å². The van der Waals surface area contributed by atoms with Gasteiger partial charge >= 0.3 is 0 Å². The number of pyridine rings is 1. The van der Waals surface area contributed by atoms with Gasteiger partial charge in [0.2, 0.25) is 5.91 Å². The number of nitrogens with one attached hydrogen (secondary N) is 1. The van der Waals surface area contributed by atoms with E-state index in [9.17, 15) is 4.79 Å². The van der Waals surface area contributed by atoms with Gasteiger partial charge in [0.1, 0.15) is 5.82 Å². The van der Waals surface area contributed by atoms with Crippen molar-refractivity contribution in [2.75, 3.05) is 24.5 Å². The van der Waals surface area contributed by atoms with Crippen molar-refractivity contribution in [1.82, 2.24) is 14.9 Å². The number of amides is 1. The summed E-state index contributed by atoms with van der Waals surface area (Å²) in [6.45, 7) is 11.5. The Labute approximate surface area is 171 Å². The molecule has 1 aromatic carbocycles. The van der Waals surface area contributed by atoms with Gasteiger partial charge in [-0.3, -0.25) is 4.79 Å². The van der Waals surface area contributed by atoms with Crippen LogP contribution in [0.3, 0.4) is 0 Å². The SMILES string of the molecule is Cc1cc2c(C(N)=O)cc(-c3ccc(N4CCNC[C@H]4C)nc3)cc2n1C(C)C. The molecule has 1 amide bonds. The standard InChI is InChI=1S/C23H29N5O/c1-14(2)28-15(3)9-19-20(23(24)29)10-18(11-21(19)28)17-5-6-22(26-13-17)27-8-7-25-12-16(27)4/h5-6,9-11,13-14,16,25H,7-8,12H2,1-4H3,(H2,24,29)/t16-/m1/s1. The van der Waals surface area contributed by atoms with E-state index >= 15 is 0 Å². The summed E-state index contributed by atoms with van der Waals surface area (Å²) in [6.07, 6.45) is 1.89. The largest absolute Gasteiger partial charge is 0.366 e. The second kappa shape index (κ2) is 7.52. The number of rotatable bonds is 4. The molecule has 6 nitrogen and oxygen atoms in total. The maximum absolute atomic E-state index is 12.2. The van der Waals surface area contributed by atoms with Gasteiger partial charge in [-0.15, -0.1) is 0 Å². The number of nitrogens with zero attached hydrogens (tertiary/aromatic N) is 3. The molecule has 1 aliphatic heterocycles. The number of benzene rings is 1. The van der Waals surface area contributed by atoms with E-state index in [2.05, 4.69) is 60.7 Å². The third-order valence-electron chi connectivity index (χ3n) is 5.81. The molecule has 3 N–H and O–H groups in total. The van der Waals surface area contributed by atoms with Crippen molar-refractivity contribution < 1.29 is 4.79 Å². The average Bonchev–Trinajstić information content (AvgIpc) is 3.03. The maximum atomic E-state index is 12.2. The summed E-state index contributed by atoms with van der Waals surface area (Å²) in [5.41, 5.74) is 10.4. The summed E-state index contributed by atoms with van der Waals surface area (Å²) in [4.78, 5) is 19.2. The van der Waals surface area contributed by atoms with Crippen LogP contribution in [0.25, 0.3) is 22.0 Å². The number of carbonyl (C=O) groups is 1. The van der Waals surface area contributed by atoms with Gasteiger partial charge in [-0.2, -0.15) is 0 Å². The number of anilines is 1. The summed E-state index contributed by atoms with van der Waals surface area (Å²) >= 11 is 0. The smallest absolute Gasteiger partial charge is 0.249 e. The van der Waals surface area contributed by atoms with E-state index in [1.54, 1.807) is 0 Å². The molecule has 4 rings (SSSR count). The fraction of sp³-hybridized carbons (Fsp3) is 0.391. The van der Waals surface area contributed by atoms with Crippen LogP contribution in [0.4, 0.5) is 5.82 Å². The molecule has 0 radical (unpaired) electrons. The Balaban J connectivity index is 1.79. The van der Waals surface area contributed by atoms with E-state index in [-0.39, 0.29) is 6.04 Å². The molecule has 6 heteroatoms. The Hall–Kier alpha value is -2.86. The van der Waals surface area contributed by atoms with Gasteiger partial charge in [0, 0.05) is 65.6 Å². The third kappa shape index (κ3) is 3.49. The number of hydrogen-bond acceptors (Lipinski definition) is 4. The van der Waals surface area contributed by atoms with Crippen LogP contribution in [0, 0.1) is 6.92 Å². The third-order valence-corrected chi connectivity index (χ3v) is 5.81. The van der Waals surface area contributed by atoms with Gasteiger partial charge in [-0.1, -0.05) is 0 Å². The summed E-state index contributed by atoms with van der Waals surface area (Å²) in [7, 11) is 0. The molecule has 3 heterocycles. The van der Waals surface area contributed by atoms with Crippen molar-refractivity contribution >= 4 is 22.6 Å². The lowest BCUT2D eigenvalue weighted by Crippen LogP contribution is -2.50. The van der Waals surface area contributed by atoms with Crippen LogP contribution in [-0.4, -0.2) is 41.1 Å². The number of piperazine rings is 1. The highest BCUT2D eigenvalue weighted by atomic mass is 16.1. The highest BCUT2D eigenvalue weighted by Crippen LogP contribution is 2.32. The van der Waals surface area contributed by atoms with Gasteiger partial charge in [-0.25, -0.2) is 4.98 Å². The monoisotopic (exact) mass is 391 g/mol. The number of nitrogens with two attached hydrogens (primary N) is 1. The molecule has 1 atom stereocenters. The van der Waals surface area contributed by atoms with E-state index in [1.165, 1.54) is 0 Å². The summed E-state index contributed by atoms with van der Waals surface area (Å²) < 4.78 is 2.25. The summed E-state index contributed by atoms with van der Waals surface area (Å²) in [6, 6.07) is 10.9. The molecule has 0 spiro atoms. The minimum atomic E-state index is -0.406. The molecule has 152 valence electrons. The lowest BCUT2D eigenvalue weighted by molar-refractivity contribution is 0.100. The average molecular weight is 392 g/mol. The predicted octanol–water partition coefficient (Wildman–Crippen LogP) is 3.49. The quantitative estimate of drug-likeness (QED) is 0.714.